The number of nitrogens with zero attached hydrogens (tertiary/aromatic N) is 4. The molecule has 2 saturated heterocycles. The van der Waals surface area contributed by atoms with Crippen molar-refractivity contribution in [3.05, 3.63) is 17.6 Å². The van der Waals surface area contributed by atoms with E-state index in [1.54, 1.807) is 6.92 Å². The van der Waals surface area contributed by atoms with Gasteiger partial charge in [-0.15, -0.1) is 0 Å². The Morgan fingerprint density at radius 3 is 2.54 bits per heavy atom. The molecule has 1 atom stereocenters. The monoisotopic (exact) mass is 333 g/mol. The van der Waals surface area contributed by atoms with Crippen LogP contribution in [0.25, 0.3) is 0 Å². The summed E-state index contributed by atoms with van der Waals surface area (Å²) in [7, 11) is 0. The van der Waals surface area contributed by atoms with Gasteiger partial charge in [0.25, 0.3) is 0 Å². The third-order valence-electron chi connectivity index (χ3n) is 4.79. The Balaban J connectivity index is 1.69. The first kappa shape index (κ1) is 17.1. The van der Waals surface area contributed by atoms with Gasteiger partial charge in [-0.2, -0.15) is 0 Å². The number of ether oxygens (including phenoxy) is 1. The fourth-order valence-corrected chi connectivity index (χ4v) is 3.42. The zero-order chi connectivity index (χ0) is 17.1. The highest BCUT2D eigenvalue weighted by molar-refractivity contribution is 5.81. The molecule has 1 amide bonds. The van der Waals surface area contributed by atoms with E-state index in [1.165, 1.54) is 0 Å². The molecule has 24 heavy (non-hydrogen) atoms. The van der Waals surface area contributed by atoms with Crippen LogP contribution in [0.4, 0.5) is 5.82 Å². The Morgan fingerprint density at radius 1 is 1.25 bits per heavy atom. The predicted molar refractivity (Wildman–Crippen MR) is 92.0 cm³/mol. The number of hydrogen-bond donors (Lipinski definition) is 1. The van der Waals surface area contributed by atoms with E-state index in [0.29, 0.717) is 5.92 Å². The number of aryl methyl sites for hydroxylation is 1. The number of likely N-dealkylation sites (tertiary alicyclic amines) is 1. The van der Waals surface area contributed by atoms with Crippen molar-refractivity contribution in [2.75, 3.05) is 44.3 Å². The molecule has 2 aliphatic rings. The summed E-state index contributed by atoms with van der Waals surface area (Å²) in [5, 5.41) is 0. The zero-order valence-electron chi connectivity index (χ0n) is 14.6. The van der Waals surface area contributed by atoms with Gasteiger partial charge in [-0.05, 0) is 26.7 Å². The molecule has 132 valence electrons. The van der Waals surface area contributed by atoms with E-state index in [9.17, 15) is 4.79 Å². The molecule has 3 rings (SSSR count). The molecule has 0 aromatic carbocycles. The molecular weight excluding hydrogens is 306 g/mol. The van der Waals surface area contributed by atoms with E-state index in [-0.39, 0.29) is 5.91 Å². The first-order valence-corrected chi connectivity index (χ1v) is 8.77. The van der Waals surface area contributed by atoms with E-state index in [0.717, 1.165) is 69.6 Å². The number of rotatable bonds is 3. The lowest BCUT2D eigenvalue weighted by Gasteiger charge is -2.33. The third-order valence-corrected chi connectivity index (χ3v) is 4.79. The van der Waals surface area contributed by atoms with Crippen LogP contribution >= 0.6 is 0 Å². The maximum atomic E-state index is 12.0. The van der Waals surface area contributed by atoms with Gasteiger partial charge < -0.3 is 20.3 Å². The van der Waals surface area contributed by atoms with Gasteiger partial charge in [-0.25, -0.2) is 9.97 Å². The molecule has 7 nitrogen and oxygen atoms in total. The van der Waals surface area contributed by atoms with Gasteiger partial charge in [-0.3, -0.25) is 4.79 Å². The molecule has 0 aliphatic carbocycles. The number of carbonyl (C=O) groups excluding carboxylic acids is 1. The van der Waals surface area contributed by atoms with Gasteiger partial charge in [0.15, 0.2) is 0 Å². The summed E-state index contributed by atoms with van der Waals surface area (Å²) in [4.78, 5) is 25.4. The molecule has 2 fully saturated rings. The fourth-order valence-electron chi connectivity index (χ4n) is 3.42. The summed E-state index contributed by atoms with van der Waals surface area (Å²) < 4.78 is 5.42. The van der Waals surface area contributed by atoms with Crippen LogP contribution in [0, 0.1) is 6.92 Å². The van der Waals surface area contributed by atoms with Crippen molar-refractivity contribution < 1.29 is 9.53 Å². The van der Waals surface area contributed by atoms with E-state index >= 15 is 0 Å². The van der Waals surface area contributed by atoms with E-state index in [4.69, 9.17) is 10.5 Å². The molecular formula is C17H27N5O2. The number of carbonyl (C=O) groups is 1. The van der Waals surface area contributed by atoms with Gasteiger partial charge in [0, 0.05) is 43.9 Å². The zero-order valence-corrected chi connectivity index (χ0v) is 14.6. The summed E-state index contributed by atoms with van der Waals surface area (Å²) in [6.07, 6.45) is 1.86. The standard InChI is InChI=1S/C17H27N5O2/c1-12(18)17(23)22-5-3-14(4-6-22)15-11-16(20-13(2)19-15)21-7-9-24-10-8-21/h11-12,14H,3-10,18H2,1-2H3. The second-order valence-corrected chi connectivity index (χ2v) is 6.69. The minimum Gasteiger partial charge on any atom is -0.378 e. The van der Waals surface area contributed by atoms with E-state index < -0.39 is 6.04 Å². The van der Waals surface area contributed by atoms with Crippen LogP contribution in [-0.2, 0) is 9.53 Å². The summed E-state index contributed by atoms with van der Waals surface area (Å²) >= 11 is 0. The number of aromatic nitrogens is 2. The molecule has 0 radical (unpaired) electrons. The second kappa shape index (κ2) is 7.44. The van der Waals surface area contributed by atoms with Crippen LogP contribution in [0.15, 0.2) is 6.07 Å². The van der Waals surface area contributed by atoms with Crippen LogP contribution in [0.5, 0.6) is 0 Å². The van der Waals surface area contributed by atoms with Crippen molar-refractivity contribution in [1.29, 1.82) is 0 Å². The number of amides is 1. The van der Waals surface area contributed by atoms with Crippen molar-refractivity contribution in [1.82, 2.24) is 14.9 Å². The Kier molecular flexibility index (Phi) is 5.30. The molecule has 0 bridgehead atoms. The topological polar surface area (TPSA) is 84.6 Å². The predicted octanol–water partition coefficient (Wildman–Crippen LogP) is 0.675. The quantitative estimate of drug-likeness (QED) is 0.875. The highest BCUT2D eigenvalue weighted by atomic mass is 16.5. The molecule has 0 saturated carbocycles. The highest BCUT2D eigenvalue weighted by Crippen LogP contribution is 2.29. The molecule has 1 aromatic heterocycles. The van der Waals surface area contributed by atoms with Crippen LogP contribution in [0.1, 0.15) is 37.2 Å². The average Bonchev–Trinajstić information content (AvgIpc) is 2.61. The summed E-state index contributed by atoms with van der Waals surface area (Å²) in [5.74, 6) is 2.22. The van der Waals surface area contributed by atoms with Crippen molar-refractivity contribution in [3.63, 3.8) is 0 Å². The van der Waals surface area contributed by atoms with Crippen molar-refractivity contribution in [2.45, 2.75) is 38.6 Å². The molecule has 0 spiro atoms. The number of hydrogen-bond acceptors (Lipinski definition) is 6. The minimum atomic E-state index is -0.421. The molecule has 1 unspecified atom stereocenters. The molecule has 2 N–H and O–H groups in total. The Bertz CT molecular complexity index is 578. The Morgan fingerprint density at radius 2 is 1.92 bits per heavy atom. The van der Waals surface area contributed by atoms with Crippen LogP contribution < -0.4 is 10.6 Å². The van der Waals surface area contributed by atoms with Crippen LogP contribution in [0.2, 0.25) is 0 Å². The average molecular weight is 333 g/mol. The van der Waals surface area contributed by atoms with E-state index in [2.05, 4.69) is 20.9 Å². The third kappa shape index (κ3) is 3.84. The lowest BCUT2D eigenvalue weighted by atomic mass is 9.92. The fraction of sp³-hybridized carbons (Fsp3) is 0.706. The van der Waals surface area contributed by atoms with Gasteiger partial charge >= 0.3 is 0 Å². The normalized spacial score (nSPS) is 21.0. The van der Waals surface area contributed by atoms with E-state index in [1.807, 2.05) is 11.8 Å². The van der Waals surface area contributed by atoms with Crippen LogP contribution in [-0.4, -0.2) is 66.2 Å². The maximum absolute atomic E-state index is 12.0. The number of nitrogens with two attached hydrogens (primary N) is 1. The Hall–Kier alpha value is -1.73. The summed E-state index contributed by atoms with van der Waals surface area (Å²) in [5.41, 5.74) is 6.80. The maximum Gasteiger partial charge on any atom is 0.239 e. The smallest absolute Gasteiger partial charge is 0.239 e. The van der Waals surface area contributed by atoms with Crippen molar-refractivity contribution >= 4 is 11.7 Å². The lowest BCUT2D eigenvalue weighted by molar-refractivity contribution is -0.133. The second-order valence-electron chi connectivity index (χ2n) is 6.69. The van der Waals surface area contributed by atoms with Gasteiger partial charge in [0.2, 0.25) is 5.91 Å². The van der Waals surface area contributed by atoms with Crippen molar-refractivity contribution in [3.8, 4) is 0 Å². The first-order valence-electron chi connectivity index (χ1n) is 8.77. The van der Waals surface area contributed by atoms with Gasteiger partial charge in [0.05, 0.1) is 19.3 Å². The molecule has 2 aliphatic heterocycles. The molecule has 1 aromatic rings. The molecule has 7 heteroatoms. The summed E-state index contributed by atoms with van der Waals surface area (Å²) in [6, 6.07) is 1.70. The van der Waals surface area contributed by atoms with Gasteiger partial charge in [0.1, 0.15) is 11.6 Å². The lowest BCUT2D eigenvalue weighted by Crippen LogP contribution is -2.45. The van der Waals surface area contributed by atoms with Crippen LogP contribution in [0.3, 0.4) is 0 Å². The number of piperidine rings is 1. The van der Waals surface area contributed by atoms with Crippen molar-refractivity contribution in [2.24, 2.45) is 5.73 Å². The SMILES string of the molecule is Cc1nc(C2CCN(C(=O)C(C)N)CC2)cc(N2CCOCC2)n1. The highest BCUT2D eigenvalue weighted by Gasteiger charge is 2.27. The minimum absolute atomic E-state index is 0.0429. The first-order chi connectivity index (χ1) is 11.5. The number of anilines is 1. The molecule has 3 heterocycles. The van der Waals surface area contributed by atoms with Gasteiger partial charge in [-0.1, -0.05) is 0 Å². The Labute approximate surface area is 143 Å². The summed E-state index contributed by atoms with van der Waals surface area (Å²) in [6.45, 7) is 8.43. The largest absolute Gasteiger partial charge is 0.378 e. The number of morpholine rings is 1.